The number of hydrogen-bond acceptors (Lipinski definition) is 2. The lowest BCUT2D eigenvalue weighted by molar-refractivity contribution is 0.818. The van der Waals surface area contributed by atoms with Crippen LogP contribution in [0.2, 0.25) is 0 Å². The highest BCUT2D eigenvalue weighted by atomic mass is 79.9. The normalized spacial score (nSPS) is 11.1. The van der Waals surface area contributed by atoms with E-state index in [2.05, 4.69) is 39.6 Å². The van der Waals surface area contributed by atoms with Crippen molar-refractivity contribution >= 4 is 32.7 Å². The number of nitrogens with two attached hydrogens (primary N) is 1. The van der Waals surface area contributed by atoms with E-state index in [1.54, 1.807) is 0 Å². The van der Waals surface area contributed by atoms with Gasteiger partial charge >= 0.3 is 0 Å². The predicted octanol–water partition coefficient (Wildman–Crippen LogP) is 4.32. The van der Waals surface area contributed by atoms with Gasteiger partial charge in [-0.05, 0) is 42.8 Å². The van der Waals surface area contributed by atoms with E-state index in [0.717, 1.165) is 45.5 Å². The van der Waals surface area contributed by atoms with Gasteiger partial charge in [0.1, 0.15) is 5.82 Å². The SMILES string of the molecule is CCCc1nc2cc(N)ccc2n1-c1cccc(Br)c1. The first-order valence-electron chi connectivity index (χ1n) is 6.72. The van der Waals surface area contributed by atoms with E-state index in [-0.39, 0.29) is 0 Å². The van der Waals surface area contributed by atoms with Gasteiger partial charge in [0.15, 0.2) is 0 Å². The molecule has 2 N–H and O–H groups in total. The van der Waals surface area contributed by atoms with Gasteiger partial charge in [0.25, 0.3) is 0 Å². The third-order valence-corrected chi connectivity index (χ3v) is 3.78. The highest BCUT2D eigenvalue weighted by molar-refractivity contribution is 9.10. The summed E-state index contributed by atoms with van der Waals surface area (Å²) >= 11 is 3.53. The number of fused-ring (bicyclic) bond motifs is 1. The maximum Gasteiger partial charge on any atom is 0.114 e. The highest BCUT2D eigenvalue weighted by Gasteiger charge is 2.12. The third-order valence-electron chi connectivity index (χ3n) is 3.29. The van der Waals surface area contributed by atoms with Crippen molar-refractivity contribution in [3.63, 3.8) is 0 Å². The second-order valence-electron chi connectivity index (χ2n) is 4.84. The predicted molar refractivity (Wildman–Crippen MR) is 87.2 cm³/mol. The molecule has 0 amide bonds. The second kappa shape index (κ2) is 5.29. The highest BCUT2D eigenvalue weighted by Crippen LogP contribution is 2.25. The van der Waals surface area contributed by atoms with E-state index in [4.69, 9.17) is 10.7 Å². The van der Waals surface area contributed by atoms with Crippen molar-refractivity contribution in [3.05, 3.63) is 52.8 Å². The molecule has 0 saturated carbocycles. The average molecular weight is 330 g/mol. The maximum atomic E-state index is 5.86. The smallest absolute Gasteiger partial charge is 0.114 e. The Bertz CT molecular complexity index is 762. The molecule has 0 atom stereocenters. The minimum absolute atomic E-state index is 0.749. The van der Waals surface area contributed by atoms with Gasteiger partial charge in [-0.3, -0.25) is 4.57 Å². The standard InChI is InChI=1S/C16H16BrN3/c1-2-4-16-19-14-10-12(18)7-8-15(14)20(16)13-6-3-5-11(17)9-13/h3,5-10H,2,4,18H2,1H3. The number of imidazole rings is 1. The summed E-state index contributed by atoms with van der Waals surface area (Å²) in [4.78, 5) is 4.74. The number of aryl methyl sites for hydroxylation is 1. The van der Waals surface area contributed by atoms with Crippen LogP contribution in [-0.4, -0.2) is 9.55 Å². The van der Waals surface area contributed by atoms with Gasteiger partial charge in [-0.2, -0.15) is 0 Å². The number of hydrogen-bond donors (Lipinski definition) is 1. The van der Waals surface area contributed by atoms with Gasteiger partial charge in [0.05, 0.1) is 11.0 Å². The van der Waals surface area contributed by atoms with Crippen molar-refractivity contribution in [2.45, 2.75) is 19.8 Å². The molecule has 20 heavy (non-hydrogen) atoms. The van der Waals surface area contributed by atoms with E-state index >= 15 is 0 Å². The monoisotopic (exact) mass is 329 g/mol. The molecule has 3 nitrogen and oxygen atoms in total. The molecule has 0 aliphatic heterocycles. The molecule has 1 aromatic heterocycles. The van der Waals surface area contributed by atoms with Gasteiger partial charge in [-0.15, -0.1) is 0 Å². The van der Waals surface area contributed by atoms with Gasteiger partial charge in [0, 0.05) is 22.3 Å². The van der Waals surface area contributed by atoms with Crippen LogP contribution in [0.15, 0.2) is 46.9 Å². The molecule has 0 fully saturated rings. The first kappa shape index (κ1) is 13.2. The van der Waals surface area contributed by atoms with E-state index in [0.29, 0.717) is 0 Å². The molecule has 0 aliphatic rings. The van der Waals surface area contributed by atoms with Crippen LogP contribution in [0, 0.1) is 0 Å². The summed E-state index contributed by atoms with van der Waals surface area (Å²) in [6, 6.07) is 14.2. The summed E-state index contributed by atoms with van der Waals surface area (Å²) in [6.07, 6.45) is 2.01. The first-order chi connectivity index (χ1) is 9.69. The third kappa shape index (κ3) is 2.31. The van der Waals surface area contributed by atoms with Crippen molar-refractivity contribution < 1.29 is 0 Å². The lowest BCUT2D eigenvalue weighted by atomic mass is 10.2. The quantitative estimate of drug-likeness (QED) is 0.727. The largest absolute Gasteiger partial charge is 0.399 e. The van der Waals surface area contributed by atoms with Crippen LogP contribution in [0.4, 0.5) is 5.69 Å². The molecule has 2 aromatic carbocycles. The molecule has 0 spiro atoms. The Kier molecular flexibility index (Phi) is 3.49. The average Bonchev–Trinajstić information content (AvgIpc) is 2.76. The maximum absolute atomic E-state index is 5.86. The Morgan fingerprint density at radius 2 is 2.05 bits per heavy atom. The summed E-state index contributed by atoms with van der Waals surface area (Å²) in [7, 11) is 0. The fourth-order valence-electron chi connectivity index (χ4n) is 2.44. The Balaban J connectivity index is 2.28. The summed E-state index contributed by atoms with van der Waals surface area (Å²) in [5, 5.41) is 0. The Hall–Kier alpha value is -1.81. The molecular formula is C16H16BrN3. The van der Waals surface area contributed by atoms with Gasteiger partial charge in [-0.1, -0.05) is 28.9 Å². The minimum atomic E-state index is 0.749. The molecule has 0 radical (unpaired) electrons. The molecule has 4 heteroatoms. The van der Waals surface area contributed by atoms with Crippen molar-refractivity contribution in [2.75, 3.05) is 5.73 Å². The number of benzene rings is 2. The van der Waals surface area contributed by atoms with Crippen molar-refractivity contribution in [1.82, 2.24) is 9.55 Å². The first-order valence-corrected chi connectivity index (χ1v) is 7.51. The van der Waals surface area contributed by atoms with E-state index in [1.807, 2.05) is 30.3 Å². The Morgan fingerprint density at radius 3 is 2.80 bits per heavy atom. The molecule has 3 aromatic rings. The topological polar surface area (TPSA) is 43.8 Å². The van der Waals surface area contributed by atoms with Crippen molar-refractivity contribution in [3.8, 4) is 5.69 Å². The molecule has 0 saturated heterocycles. The van der Waals surface area contributed by atoms with Crippen LogP contribution in [0.25, 0.3) is 16.7 Å². The summed E-state index contributed by atoms with van der Waals surface area (Å²) in [5.74, 6) is 1.08. The van der Waals surface area contributed by atoms with Gasteiger partial charge in [-0.25, -0.2) is 4.98 Å². The zero-order valence-electron chi connectivity index (χ0n) is 11.3. The van der Waals surface area contributed by atoms with Crippen LogP contribution in [0.1, 0.15) is 19.2 Å². The van der Waals surface area contributed by atoms with Crippen LogP contribution in [0.3, 0.4) is 0 Å². The lowest BCUT2D eigenvalue weighted by Gasteiger charge is -2.09. The fraction of sp³-hybridized carbons (Fsp3) is 0.188. The fourth-order valence-corrected chi connectivity index (χ4v) is 2.83. The summed E-state index contributed by atoms with van der Waals surface area (Å²) in [6.45, 7) is 2.17. The van der Waals surface area contributed by atoms with Crippen LogP contribution < -0.4 is 5.73 Å². The van der Waals surface area contributed by atoms with Gasteiger partial charge < -0.3 is 5.73 Å². The molecule has 0 bridgehead atoms. The molecule has 102 valence electrons. The second-order valence-corrected chi connectivity index (χ2v) is 5.76. The molecule has 1 heterocycles. The number of nitrogen functional groups attached to an aromatic ring is 1. The molecule has 3 rings (SSSR count). The summed E-state index contributed by atoms with van der Waals surface area (Å²) < 4.78 is 3.28. The van der Waals surface area contributed by atoms with Crippen LogP contribution in [-0.2, 0) is 6.42 Å². The minimum Gasteiger partial charge on any atom is -0.399 e. The van der Waals surface area contributed by atoms with Gasteiger partial charge in [0.2, 0.25) is 0 Å². The zero-order valence-corrected chi connectivity index (χ0v) is 12.9. The van der Waals surface area contributed by atoms with E-state index in [1.165, 1.54) is 0 Å². The Labute approximate surface area is 126 Å². The van der Waals surface area contributed by atoms with E-state index < -0.39 is 0 Å². The number of halogens is 1. The Morgan fingerprint density at radius 1 is 1.20 bits per heavy atom. The van der Waals surface area contributed by atoms with Crippen molar-refractivity contribution in [1.29, 1.82) is 0 Å². The number of aromatic nitrogens is 2. The number of rotatable bonds is 3. The number of nitrogens with zero attached hydrogens (tertiary/aromatic N) is 2. The number of anilines is 1. The molecule has 0 aliphatic carbocycles. The lowest BCUT2D eigenvalue weighted by Crippen LogP contribution is -2.01. The molecule has 0 unspecified atom stereocenters. The van der Waals surface area contributed by atoms with Crippen LogP contribution >= 0.6 is 15.9 Å². The van der Waals surface area contributed by atoms with Crippen LogP contribution in [0.5, 0.6) is 0 Å². The van der Waals surface area contributed by atoms with E-state index in [9.17, 15) is 0 Å². The summed E-state index contributed by atoms with van der Waals surface area (Å²) in [5.41, 5.74) is 9.78. The van der Waals surface area contributed by atoms with Crippen molar-refractivity contribution in [2.24, 2.45) is 0 Å². The molecular weight excluding hydrogens is 314 g/mol. The zero-order chi connectivity index (χ0) is 14.1.